The second kappa shape index (κ2) is 9.14. The number of hydrogen-bond donors (Lipinski definition) is 3. The second-order valence-corrected chi connectivity index (χ2v) is 11.6. The number of ether oxygens (including phenoxy) is 1. The van der Waals surface area contributed by atoms with Crippen molar-refractivity contribution in [2.24, 2.45) is 22.6 Å². The van der Waals surface area contributed by atoms with E-state index >= 15 is 0 Å². The average molecular weight is 516 g/mol. The van der Waals surface area contributed by atoms with Gasteiger partial charge in [-0.1, -0.05) is 30.3 Å². The van der Waals surface area contributed by atoms with Crippen molar-refractivity contribution in [3.05, 3.63) is 65.2 Å². The predicted octanol–water partition coefficient (Wildman–Crippen LogP) is 2.95. The number of nitrogens with two attached hydrogens (primary N) is 1. The van der Waals surface area contributed by atoms with Gasteiger partial charge in [-0.2, -0.15) is 5.26 Å². The van der Waals surface area contributed by atoms with Crippen molar-refractivity contribution in [2.45, 2.75) is 69.9 Å². The van der Waals surface area contributed by atoms with Gasteiger partial charge in [0.15, 0.2) is 5.96 Å². The highest BCUT2D eigenvalue weighted by atomic mass is 16.5. The van der Waals surface area contributed by atoms with Gasteiger partial charge in [0.1, 0.15) is 17.5 Å². The molecule has 0 spiro atoms. The van der Waals surface area contributed by atoms with E-state index in [2.05, 4.69) is 16.4 Å². The van der Waals surface area contributed by atoms with Crippen LogP contribution in [0.4, 0.5) is 0 Å². The predicted molar refractivity (Wildman–Crippen MR) is 141 cm³/mol. The van der Waals surface area contributed by atoms with E-state index in [0.717, 1.165) is 11.1 Å². The normalized spacial score (nSPS) is 27.7. The van der Waals surface area contributed by atoms with Crippen molar-refractivity contribution >= 4 is 17.8 Å². The molecular formula is C29H33N5O4. The first-order valence-corrected chi connectivity index (χ1v) is 12.9. The number of nitrogens with zero attached hydrogens (tertiary/aromatic N) is 3. The number of hydrogen-bond acceptors (Lipinski definition) is 7. The highest BCUT2D eigenvalue weighted by Crippen LogP contribution is 2.52. The van der Waals surface area contributed by atoms with E-state index in [1.54, 1.807) is 38.1 Å². The summed E-state index contributed by atoms with van der Waals surface area (Å²) in [6.07, 6.45) is -0.215. The Kier molecular flexibility index (Phi) is 6.19. The summed E-state index contributed by atoms with van der Waals surface area (Å²) >= 11 is 0. The number of para-hydroxylation sites is 1. The van der Waals surface area contributed by atoms with Crippen LogP contribution in [0.15, 0.2) is 53.5 Å². The van der Waals surface area contributed by atoms with Gasteiger partial charge in [-0.3, -0.25) is 14.5 Å². The molecular weight excluding hydrogens is 482 g/mol. The molecule has 9 heteroatoms. The van der Waals surface area contributed by atoms with Gasteiger partial charge in [0.25, 0.3) is 0 Å². The largest absolute Gasteiger partial charge is 0.485 e. The van der Waals surface area contributed by atoms with E-state index in [1.807, 2.05) is 38.1 Å². The number of benzene rings is 2. The Morgan fingerprint density at radius 2 is 1.89 bits per heavy atom. The number of rotatable bonds is 5. The van der Waals surface area contributed by atoms with Crippen molar-refractivity contribution in [3.63, 3.8) is 0 Å². The molecule has 1 fully saturated rings. The molecule has 3 aliphatic rings. The number of aliphatic imine (C=N–C) groups is 1. The molecule has 2 heterocycles. The first kappa shape index (κ1) is 25.7. The lowest BCUT2D eigenvalue weighted by Crippen LogP contribution is -2.54. The first-order valence-electron chi connectivity index (χ1n) is 12.9. The fourth-order valence-corrected chi connectivity index (χ4v) is 5.65. The molecule has 9 nitrogen and oxygen atoms in total. The quantitative estimate of drug-likeness (QED) is 0.559. The minimum absolute atomic E-state index is 0.127. The van der Waals surface area contributed by atoms with Crippen LogP contribution >= 0.6 is 0 Å². The van der Waals surface area contributed by atoms with Gasteiger partial charge in [0, 0.05) is 11.5 Å². The molecule has 0 unspecified atom stereocenters. The molecule has 0 saturated heterocycles. The first-order chi connectivity index (χ1) is 17.9. The smallest absolute Gasteiger partial charge is 0.232 e. The zero-order valence-corrected chi connectivity index (χ0v) is 22.0. The minimum Gasteiger partial charge on any atom is -0.485 e. The fraction of sp³-hybridized carbons (Fsp3) is 0.448. The molecule has 1 aliphatic carbocycles. The lowest BCUT2D eigenvalue weighted by molar-refractivity contribution is -0.132. The standard InChI is InChI=1S/C29H33N5O4/c1-28(2)14-22(35)34(27(31)33-28)24(17-11-9-16(15-30)10-12-17)19-13-20(19)26(37)32-23-18-7-5-6-8-21(18)38-29(3,4)25(23)36/h5-12,19-20,23-25,36H,13-14H2,1-4H3,(H2,31,33)(H,32,37)/t19-,20-,23-,24-,25+/m1/s1. The number of fused-ring (bicyclic) bond motifs is 1. The third-order valence-corrected chi connectivity index (χ3v) is 7.71. The highest BCUT2D eigenvalue weighted by Gasteiger charge is 2.54. The summed E-state index contributed by atoms with van der Waals surface area (Å²) in [4.78, 5) is 32.9. The summed E-state index contributed by atoms with van der Waals surface area (Å²) in [5.41, 5.74) is 6.84. The SMILES string of the molecule is CC1(C)CC(=O)N([C@H](c2ccc(C#N)cc2)[C@@H]2C[C@H]2C(=O)N[C@@H]2c3ccccc3OC(C)(C)[C@H]2O)C(N)=N1. The van der Waals surface area contributed by atoms with E-state index in [0.29, 0.717) is 17.7 Å². The van der Waals surface area contributed by atoms with Crippen molar-refractivity contribution in [3.8, 4) is 11.8 Å². The molecule has 2 aromatic rings. The molecule has 0 radical (unpaired) electrons. The summed E-state index contributed by atoms with van der Waals surface area (Å²) < 4.78 is 5.98. The van der Waals surface area contributed by atoms with Gasteiger partial charge in [-0.25, -0.2) is 4.99 Å². The highest BCUT2D eigenvalue weighted by molar-refractivity contribution is 5.99. The molecule has 38 heavy (non-hydrogen) atoms. The van der Waals surface area contributed by atoms with Crippen molar-refractivity contribution < 1.29 is 19.4 Å². The Balaban J connectivity index is 1.43. The van der Waals surface area contributed by atoms with Crippen LogP contribution in [0.2, 0.25) is 0 Å². The third kappa shape index (κ3) is 4.61. The molecule has 1 saturated carbocycles. The third-order valence-electron chi connectivity index (χ3n) is 7.71. The maximum absolute atomic E-state index is 13.6. The molecule has 4 N–H and O–H groups in total. The maximum atomic E-state index is 13.6. The average Bonchev–Trinajstić information content (AvgIpc) is 3.64. The Morgan fingerprint density at radius 3 is 2.55 bits per heavy atom. The van der Waals surface area contributed by atoms with Crippen LogP contribution in [0.3, 0.4) is 0 Å². The van der Waals surface area contributed by atoms with E-state index in [9.17, 15) is 20.0 Å². The Morgan fingerprint density at radius 1 is 1.21 bits per heavy atom. The number of carbonyl (C=O) groups is 2. The Labute approximate surface area is 222 Å². The molecule has 198 valence electrons. The second-order valence-electron chi connectivity index (χ2n) is 11.6. The zero-order chi connectivity index (χ0) is 27.4. The van der Waals surface area contributed by atoms with Crippen LogP contribution in [0.25, 0.3) is 0 Å². The van der Waals surface area contributed by atoms with Gasteiger partial charge in [-0.15, -0.1) is 0 Å². The number of aliphatic hydroxyl groups is 1. The van der Waals surface area contributed by atoms with Crippen LogP contribution in [0.5, 0.6) is 5.75 Å². The van der Waals surface area contributed by atoms with Gasteiger partial charge in [0.05, 0.1) is 35.7 Å². The van der Waals surface area contributed by atoms with Crippen molar-refractivity contribution in [1.29, 1.82) is 5.26 Å². The number of nitriles is 1. The van der Waals surface area contributed by atoms with Crippen LogP contribution < -0.4 is 15.8 Å². The number of amides is 2. The lowest BCUT2D eigenvalue weighted by atomic mass is 9.86. The number of carbonyl (C=O) groups excluding carboxylic acids is 2. The zero-order valence-electron chi connectivity index (χ0n) is 22.0. The van der Waals surface area contributed by atoms with Gasteiger partial charge < -0.3 is 20.9 Å². The fourth-order valence-electron chi connectivity index (χ4n) is 5.65. The maximum Gasteiger partial charge on any atom is 0.232 e. The summed E-state index contributed by atoms with van der Waals surface area (Å²) in [5, 5.41) is 23.4. The van der Waals surface area contributed by atoms with E-state index < -0.39 is 35.2 Å². The van der Waals surface area contributed by atoms with Crippen LogP contribution in [-0.4, -0.2) is 45.0 Å². The molecule has 0 aromatic heterocycles. The van der Waals surface area contributed by atoms with Crippen LogP contribution in [0, 0.1) is 23.2 Å². The van der Waals surface area contributed by atoms with Crippen molar-refractivity contribution in [2.75, 3.05) is 0 Å². The number of aliphatic hydroxyl groups excluding tert-OH is 1. The van der Waals surface area contributed by atoms with E-state index in [1.165, 1.54) is 4.90 Å². The van der Waals surface area contributed by atoms with Gasteiger partial charge >= 0.3 is 0 Å². The van der Waals surface area contributed by atoms with Crippen molar-refractivity contribution in [1.82, 2.24) is 10.2 Å². The van der Waals surface area contributed by atoms with E-state index in [4.69, 9.17) is 10.5 Å². The number of guanidine groups is 1. The molecule has 5 atom stereocenters. The molecule has 2 aliphatic heterocycles. The topological polar surface area (TPSA) is 141 Å². The van der Waals surface area contributed by atoms with Crippen LogP contribution in [0.1, 0.15) is 69.3 Å². The monoisotopic (exact) mass is 515 g/mol. The summed E-state index contributed by atoms with van der Waals surface area (Å²) in [6, 6.07) is 15.3. The minimum atomic E-state index is -0.957. The molecule has 2 aromatic carbocycles. The number of nitrogens with one attached hydrogen (secondary N) is 1. The summed E-state index contributed by atoms with van der Waals surface area (Å²) in [5.74, 6) is -0.203. The van der Waals surface area contributed by atoms with Gasteiger partial charge in [0.2, 0.25) is 11.8 Å². The summed E-state index contributed by atoms with van der Waals surface area (Å²) in [7, 11) is 0. The molecule has 5 rings (SSSR count). The lowest BCUT2D eigenvalue weighted by Gasteiger charge is -2.42. The molecule has 2 amide bonds. The Bertz CT molecular complexity index is 1340. The van der Waals surface area contributed by atoms with Gasteiger partial charge in [-0.05, 0) is 63.8 Å². The summed E-state index contributed by atoms with van der Waals surface area (Å²) in [6.45, 7) is 7.30. The van der Waals surface area contributed by atoms with E-state index in [-0.39, 0.29) is 30.1 Å². The Hall–Kier alpha value is -3.90. The molecule has 0 bridgehead atoms. The van der Waals surface area contributed by atoms with Crippen LogP contribution in [-0.2, 0) is 9.59 Å².